The molecule has 1 N–H and O–H groups in total. The van der Waals surface area contributed by atoms with Gasteiger partial charge in [-0.2, -0.15) is 5.10 Å². The van der Waals surface area contributed by atoms with Crippen molar-refractivity contribution in [2.45, 2.75) is 33.2 Å². The number of hydrogen-bond donors (Lipinski definition) is 1. The fourth-order valence-electron chi connectivity index (χ4n) is 2.08. The maximum absolute atomic E-state index is 11.1. The van der Waals surface area contributed by atoms with Gasteiger partial charge in [0.2, 0.25) is 0 Å². The van der Waals surface area contributed by atoms with Crippen LogP contribution in [0.5, 0.6) is 0 Å². The summed E-state index contributed by atoms with van der Waals surface area (Å²) in [5.41, 5.74) is 1.24. The maximum Gasteiger partial charge on any atom is 0.338 e. The van der Waals surface area contributed by atoms with E-state index >= 15 is 0 Å². The Morgan fingerprint density at radius 3 is 2.90 bits per heavy atom. The molecule has 2 aromatic heterocycles. The smallest absolute Gasteiger partial charge is 0.338 e. The van der Waals surface area contributed by atoms with Gasteiger partial charge in [0.05, 0.1) is 34.8 Å². The Morgan fingerprint density at radius 2 is 2.24 bits per heavy atom. The first-order chi connectivity index (χ1) is 10.1. The van der Waals surface area contributed by atoms with Gasteiger partial charge in [0.1, 0.15) is 0 Å². The molecule has 21 heavy (non-hydrogen) atoms. The number of aromatic nitrogens is 3. The van der Waals surface area contributed by atoms with Crippen LogP contribution >= 0.6 is 11.6 Å². The summed E-state index contributed by atoms with van der Waals surface area (Å²) in [7, 11) is 0. The average molecular weight is 312 g/mol. The highest BCUT2D eigenvalue weighted by atomic mass is 35.5. The number of hydrogen-bond acceptors (Lipinski definition) is 4. The molecule has 0 saturated carbocycles. The van der Waals surface area contributed by atoms with E-state index in [1.54, 1.807) is 11.6 Å². The van der Waals surface area contributed by atoms with Gasteiger partial charge in [0.25, 0.3) is 0 Å². The van der Waals surface area contributed by atoms with Gasteiger partial charge < -0.3 is 9.84 Å². The second-order valence-corrected chi connectivity index (χ2v) is 5.14. The number of carboxylic acids is 1. The molecule has 0 amide bonds. The molecule has 2 aromatic rings. The summed E-state index contributed by atoms with van der Waals surface area (Å²) < 4.78 is 7.22. The molecule has 0 bridgehead atoms. The first kappa shape index (κ1) is 15.7. The largest absolute Gasteiger partial charge is 0.478 e. The third kappa shape index (κ3) is 3.33. The van der Waals surface area contributed by atoms with Crippen molar-refractivity contribution >= 4 is 28.6 Å². The molecule has 0 aliphatic rings. The van der Waals surface area contributed by atoms with Crippen LogP contribution in [0, 0.1) is 6.92 Å². The van der Waals surface area contributed by atoms with E-state index < -0.39 is 5.97 Å². The minimum absolute atomic E-state index is 0.00832. The molecule has 0 aromatic carbocycles. The Kier molecular flexibility index (Phi) is 5.14. The molecular formula is C14H18ClN3O3. The van der Waals surface area contributed by atoms with E-state index in [0.717, 1.165) is 19.4 Å². The van der Waals surface area contributed by atoms with Gasteiger partial charge in [-0.05, 0) is 13.3 Å². The number of carboxylic acid groups (broad SMARTS) is 1. The Morgan fingerprint density at radius 1 is 1.48 bits per heavy atom. The van der Waals surface area contributed by atoms with Crippen molar-refractivity contribution in [3.63, 3.8) is 0 Å². The maximum atomic E-state index is 11.1. The zero-order valence-electron chi connectivity index (χ0n) is 12.1. The minimum Gasteiger partial charge on any atom is -0.478 e. The van der Waals surface area contributed by atoms with Crippen molar-refractivity contribution in [2.75, 3.05) is 13.2 Å². The summed E-state index contributed by atoms with van der Waals surface area (Å²) in [5.74, 6) is -1.09. The molecule has 0 saturated heterocycles. The molecule has 2 rings (SSSR count). The van der Waals surface area contributed by atoms with Gasteiger partial charge in [0, 0.05) is 12.8 Å². The van der Waals surface area contributed by atoms with E-state index in [4.69, 9.17) is 21.4 Å². The van der Waals surface area contributed by atoms with Gasteiger partial charge >= 0.3 is 5.97 Å². The predicted octanol–water partition coefficient (Wildman–Crippen LogP) is 2.91. The van der Waals surface area contributed by atoms with Gasteiger partial charge in [-0.3, -0.25) is 0 Å². The molecule has 0 aliphatic heterocycles. The lowest BCUT2D eigenvalue weighted by Crippen LogP contribution is -2.09. The molecular weight excluding hydrogens is 294 g/mol. The van der Waals surface area contributed by atoms with E-state index in [2.05, 4.69) is 17.0 Å². The standard InChI is InChI=1S/C14H18ClN3O3/c1-3-4-6-21-7-5-18-13-11(9(2)17-18)12(15)10(8-16-13)14(19)20/h8H,3-7H2,1-2H3,(H,19,20). The minimum atomic E-state index is -1.09. The Bertz CT molecular complexity index is 654. The third-order valence-corrected chi connectivity index (χ3v) is 3.59. The predicted molar refractivity (Wildman–Crippen MR) is 80.0 cm³/mol. The fourth-order valence-corrected chi connectivity index (χ4v) is 2.43. The summed E-state index contributed by atoms with van der Waals surface area (Å²) in [6.07, 6.45) is 3.40. The summed E-state index contributed by atoms with van der Waals surface area (Å²) in [5, 5.41) is 14.2. The molecule has 2 heterocycles. The van der Waals surface area contributed by atoms with Crippen molar-refractivity contribution in [2.24, 2.45) is 0 Å². The number of aromatic carboxylic acids is 1. The highest BCUT2D eigenvalue weighted by Crippen LogP contribution is 2.28. The molecule has 7 heteroatoms. The fraction of sp³-hybridized carbons (Fsp3) is 0.500. The van der Waals surface area contributed by atoms with Crippen LogP contribution in [0.4, 0.5) is 0 Å². The lowest BCUT2D eigenvalue weighted by molar-refractivity contribution is 0.0697. The highest BCUT2D eigenvalue weighted by Gasteiger charge is 2.18. The monoisotopic (exact) mass is 311 g/mol. The SMILES string of the molecule is CCCCOCCn1nc(C)c2c(Cl)c(C(=O)O)cnc21. The molecule has 0 spiro atoms. The van der Waals surface area contributed by atoms with Gasteiger partial charge in [0.15, 0.2) is 5.65 Å². The molecule has 0 fully saturated rings. The molecule has 6 nitrogen and oxygen atoms in total. The van der Waals surface area contributed by atoms with Crippen LogP contribution in [0.2, 0.25) is 5.02 Å². The van der Waals surface area contributed by atoms with Crippen LogP contribution < -0.4 is 0 Å². The molecule has 0 atom stereocenters. The Labute approximate surface area is 127 Å². The summed E-state index contributed by atoms with van der Waals surface area (Å²) >= 11 is 6.15. The van der Waals surface area contributed by atoms with Crippen molar-refractivity contribution in [1.82, 2.24) is 14.8 Å². The van der Waals surface area contributed by atoms with Gasteiger partial charge in [-0.25, -0.2) is 14.5 Å². The molecule has 0 aliphatic carbocycles. The number of pyridine rings is 1. The Hall–Kier alpha value is -1.66. The first-order valence-corrected chi connectivity index (χ1v) is 7.26. The van der Waals surface area contributed by atoms with Crippen molar-refractivity contribution in [3.05, 3.63) is 22.5 Å². The van der Waals surface area contributed by atoms with Crippen LogP contribution in [0.1, 0.15) is 35.8 Å². The number of carbonyl (C=O) groups is 1. The third-order valence-electron chi connectivity index (χ3n) is 3.19. The normalized spacial score (nSPS) is 11.2. The molecule has 0 unspecified atom stereocenters. The van der Waals surface area contributed by atoms with E-state index in [1.165, 1.54) is 6.20 Å². The van der Waals surface area contributed by atoms with E-state index in [9.17, 15) is 4.79 Å². The lowest BCUT2D eigenvalue weighted by atomic mass is 10.2. The number of aryl methyl sites for hydroxylation is 1. The van der Waals surface area contributed by atoms with E-state index in [1.807, 2.05) is 0 Å². The zero-order valence-corrected chi connectivity index (χ0v) is 12.9. The van der Waals surface area contributed by atoms with Crippen LogP contribution in [0.25, 0.3) is 11.0 Å². The van der Waals surface area contributed by atoms with Crippen LogP contribution in [0.15, 0.2) is 6.20 Å². The lowest BCUT2D eigenvalue weighted by Gasteiger charge is -2.05. The van der Waals surface area contributed by atoms with Crippen LogP contribution in [0.3, 0.4) is 0 Å². The van der Waals surface area contributed by atoms with Gasteiger partial charge in [-0.1, -0.05) is 24.9 Å². The average Bonchev–Trinajstić information content (AvgIpc) is 2.76. The zero-order chi connectivity index (χ0) is 15.4. The van der Waals surface area contributed by atoms with Crippen LogP contribution in [-0.2, 0) is 11.3 Å². The second kappa shape index (κ2) is 6.87. The summed E-state index contributed by atoms with van der Waals surface area (Å²) in [6, 6.07) is 0. The number of fused-ring (bicyclic) bond motifs is 1. The number of rotatable bonds is 7. The number of ether oxygens (including phenoxy) is 1. The van der Waals surface area contributed by atoms with Gasteiger partial charge in [-0.15, -0.1) is 0 Å². The van der Waals surface area contributed by atoms with E-state index in [-0.39, 0.29) is 10.6 Å². The summed E-state index contributed by atoms with van der Waals surface area (Å²) in [4.78, 5) is 15.3. The topological polar surface area (TPSA) is 77.2 Å². The van der Waals surface area contributed by atoms with Crippen molar-refractivity contribution in [1.29, 1.82) is 0 Å². The quantitative estimate of drug-likeness (QED) is 0.795. The van der Waals surface area contributed by atoms with Crippen molar-refractivity contribution < 1.29 is 14.6 Å². The Balaban J connectivity index is 2.23. The van der Waals surface area contributed by atoms with Crippen molar-refractivity contribution in [3.8, 4) is 0 Å². The van der Waals surface area contributed by atoms with E-state index in [0.29, 0.717) is 29.9 Å². The first-order valence-electron chi connectivity index (χ1n) is 6.89. The number of nitrogens with zero attached hydrogens (tertiary/aromatic N) is 3. The molecule has 0 radical (unpaired) electrons. The number of halogens is 1. The molecule has 114 valence electrons. The van der Waals surface area contributed by atoms with Crippen LogP contribution in [-0.4, -0.2) is 39.1 Å². The summed E-state index contributed by atoms with van der Waals surface area (Å²) in [6.45, 7) is 5.72. The highest BCUT2D eigenvalue weighted by molar-refractivity contribution is 6.38. The number of unbranched alkanes of at least 4 members (excludes halogenated alkanes) is 1. The second-order valence-electron chi connectivity index (χ2n) is 4.76.